The van der Waals surface area contributed by atoms with Crippen molar-refractivity contribution in [3.8, 4) is 0 Å². The molecule has 20 heavy (non-hydrogen) atoms. The molecule has 1 aromatic heterocycles. The van der Waals surface area contributed by atoms with Crippen molar-refractivity contribution in [2.75, 3.05) is 0 Å². The summed E-state index contributed by atoms with van der Waals surface area (Å²) < 4.78 is 33.1. The minimum atomic E-state index is -3.89. The molecule has 1 saturated carbocycles. The Bertz CT molecular complexity index is 604. The largest absolute Gasteiger partial charge is 0.457 e. The van der Waals surface area contributed by atoms with Gasteiger partial charge in [0.25, 0.3) is 0 Å². The van der Waals surface area contributed by atoms with E-state index in [2.05, 4.69) is 6.92 Å². The Labute approximate surface area is 118 Å². The zero-order chi connectivity index (χ0) is 14.9. The number of aryl methyl sites for hydroxylation is 1. The molecule has 0 spiro atoms. The fourth-order valence-electron chi connectivity index (χ4n) is 2.54. The van der Waals surface area contributed by atoms with E-state index in [0.29, 0.717) is 5.92 Å². The molecule has 6 nitrogen and oxygen atoms in total. The average Bonchev–Trinajstić information content (AvgIpc) is 2.71. The van der Waals surface area contributed by atoms with Crippen LogP contribution in [0.5, 0.6) is 0 Å². The van der Waals surface area contributed by atoms with Gasteiger partial charge in [-0.2, -0.15) is 0 Å². The highest BCUT2D eigenvalue weighted by Crippen LogP contribution is 2.27. The van der Waals surface area contributed by atoms with Crippen LogP contribution in [0.2, 0.25) is 0 Å². The van der Waals surface area contributed by atoms with Crippen LogP contribution in [0.3, 0.4) is 0 Å². The summed E-state index contributed by atoms with van der Waals surface area (Å²) in [6.45, 7) is 3.56. The van der Waals surface area contributed by atoms with E-state index >= 15 is 0 Å². The number of hydrogen-bond donors (Lipinski definition) is 1. The molecule has 2 rings (SSSR count). The van der Waals surface area contributed by atoms with E-state index in [1.807, 2.05) is 0 Å². The molecule has 2 N–H and O–H groups in total. The smallest absolute Gasteiger partial charge is 0.374 e. The Morgan fingerprint density at radius 2 is 2.15 bits per heavy atom. The predicted molar refractivity (Wildman–Crippen MR) is 71.7 cm³/mol. The first kappa shape index (κ1) is 15.1. The molecule has 1 fully saturated rings. The summed E-state index contributed by atoms with van der Waals surface area (Å²) in [5, 5.41) is 5.03. The van der Waals surface area contributed by atoms with Crippen LogP contribution in [0.25, 0.3) is 0 Å². The van der Waals surface area contributed by atoms with Gasteiger partial charge in [0.15, 0.2) is 0 Å². The summed E-state index contributed by atoms with van der Waals surface area (Å²) >= 11 is 0. The van der Waals surface area contributed by atoms with Crippen molar-refractivity contribution in [2.24, 2.45) is 11.1 Å². The van der Waals surface area contributed by atoms with Crippen molar-refractivity contribution in [1.29, 1.82) is 0 Å². The normalized spacial score (nSPS) is 23.6. The molecule has 0 aromatic carbocycles. The molecule has 0 radical (unpaired) electrons. The van der Waals surface area contributed by atoms with E-state index in [1.54, 1.807) is 0 Å². The number of sulfonamides is 1. The summed E-state index contributed by atoms with van der Waals surface area (Å²) in [5.74, 6) is -0.136. The number of rotatable bonds is 3. The third kappa shape index (κ3) is 3.40. The molecular formula is C13H19NO5S. The number of furan rings is 1. The zero-order valence-electron chi connectivity index (χ0n) is 11.6. The molecule has 0 amide bonds. The van der Waals surface area contributed by atoms with Gasteiger partial charge in [0, 0.05) is 6.07 Å². The zero-order valence-corrected chi connectivity index (χ0v) is 12.4. The molecule has 2 unspecified atom stereocenters. The summed E-state index contributed by atoms with van der Waals surface area (Å²) in [4.78, 5) is 11.8. The van der Waals surface area contributed by atoms with Gasteiger partial charge in [0.2, 0.25) is 15.8 Å². The van der Waals surface area contributed by atoms with Crippen LogP contribution in [-0.2, 0) is 14.8 Å². The number of hydrogen-bond acceptors (Lipinski definition) is 5. The van der Waals surface area contributed by atoms with Crippen LogP contribution in [-0.4, -0.2) is 20.5 Å². The first-order valence-corrected chi connectivity index (χ1v) is 8.16. The number of esters is 1. The van der Waals surface area contributed by atoms with E-state index in [1.165, 1.54) is 6.92 Å². The van der Waals surface area contributed by atoms with Crippen LogP contribution in [0.4, 0.5) is 0 Å². The molecule has 2 atom stereocenters. The van der Waals surface area contributed by atoms with Crippen LogP contribution < -0.4 is 5.14 Å². The molecule has 0 saturated heterocycles. The molecule has 0 bridgehead atoms. The average molecular weight is 301 g/mol. The highest BCUT2D eigenvalue weighted by molar-refractivity contribution is 7.89. The van der Waals surface area contributed by atoms with Crippen LogP contribution in [0.15, 0.2) is 15.4 Å². The molecule has 112 valence electrons. The van der Waals surface area contributed by atoms with Crippen LogP contribution >= 0.6 is 0 Å². The maximum atomic E-state index is 12.0. The van der Waals surface area contributed by atoms with E-state index in [4.69, 9.17) is 14.3 Å². The van der Waals surface area contributed by atoms with E-state index in [-0.39, 0.29) is 22.5 Å². The second-order valence-electron chi connectivity index (χ2n) is 5.38. The number of carbonyl (C=O) groups is 1. The standard InChI is InChI=1S/C13H19NO5S/c1-8-4-3-5-10(6-8)19-13(15)11-7-12(9(2)18-11)20(14,16)17/h7-8,10H,3-6H2,1-2H3,(H2,14,16,17). The Morgan fingerprint density at radius 1 is 1.45 bits per heavy atom. The maximum Gasteiger partial charge on any atom is 0.374 e. The number of ether oxygens (including phenoxy) is 1. The van der Waals surface area contributed by atoms with Crippen LogP contribution in [0.1, 0.15) is 48.9 Å². The van der Waals surface area contributed by atoms with E-state index in [0.717, 1.165) is 31.7 Å². The Hall–Kier alpha value is -1.34. The van der Waals surface area contributed by atoms with Gasteiger partial charge in [0.1, 0.15) is 16.8 Å². The first-order valence-electron chi connectivity index (χ1n) is 6.61. The van der Waals surface area contributed by atoms with Crippen molar-refractivity contribution in [2.45, 2.75) is 50.5 Å². The summed E-state index contributed by atoms with van der Waals surface area (Å²) in [7, 11) is -3.89. The fraction of sp³-hybridized carbons (Fsp3) is 0.615. The SMILES string of the molecule is Cc1oc(C(=O)OC2CCCC(C)C2)cc1S(N)(=O)=O. The minimum Gasteiger partial charge on any atom is -0.457 e. The molecular weight excluding hydrogens is 282 g/mol. The van der Waals surface area contributed by atoms with Gasteiger partial charge in [-0.25, -0.2) is 18.4 Å². The summed E-state index contributed by atoms with van der Waals surface area (Å²) in [5.41, 5.74) is 0. The van der Waals surface area contributed by atoms with Gasteiger partial charge >= 0.3 is 5.97 Å². The lowest BCUT2D eigenvalue weighted by atomic mass is 9.89. The lowest BCUT2D eigenvalue weighted by Crippen LogP contribution is -2.24. The first-order chi connectivity index (χ1) is 9.27. The van der Waals surface area contributed by atoms with Gasteiger partial charge in [-0.3, -0.25) is 0 Å². The molecule has 1 aliphatic carbocycles. The summed E-state index contributed by atoms with van der Waals surface area (Å²) in [6, 6.07) is 1.12. The second-order valence-corrected chi connectivity index (χ2v) is 6.91. The van der Waals surface area contributed by atoms with Crippen molar-refractivity contribution in [1.82, 2.24) is 0 Å². The number of nitrogens with two attached hydrogens (primary N) is 1. The lowest BCUT2D eigenvalue weighted by Gasteiger charge is -2.26. The topological polar surface area (TPSA) is 99.6 Å². The van der Waals surface area contributed by atoms with Gasteiger partial charge < -0.3 is 9.15 Å². The maximum absolute atomic E-state index is 12.0. The Morgan fingerprint density at radius 3 is 2.70 bits per heavy atom. The summed E-state index contributed by atoms with van der Waals surface area (Å²) in [6.07, 6.45) is 3.70. The van der Waals surface area contributed by atoms with Gasteiger partial charge in [-0.05, 0) is 32.1 Å². The van der Waals surface area contributed by atoms with E-state index in [9.17, 15) is 13.2 Å². The Kier molecular flexibility index (Phi) is 4.19. The third-order valence-electron chi connectivity index (χ3n) is 3.54. The highest BCUT2D eigenvalue weighted by Gasteiger charge is 2.26. The quantitative estimate of drug-likeness (QED) is 0.860. The molecule has 7 heteroatoms. The van der Waals surface area contributed by atoms with Crippen molar-refractivity contribution in [3.63, 3.8) is 0 Å². The number of carbonyl (C=O) groups excluding carboxylic acids is 1. The molecule has 0 aliphatic heterocycles. The van der Waals surface area contributed by atoms with Crippen molar-refractivity contribution < 1.29 is 22.4 Å². The third-order valence-corrected chi connectivity index (χ3v) is 4.56. The second kappa shape index (κ2) is 5.57. The van der Waals surface area contributed by atoms with Crippen molar-refractivity contribution >= 4 is 16.0 Å². The Balaban J connectivity index is 2.10. The van der Waals surface area contributed by atoms with Crippen LogP contribution in [0, 0.1) is 12.8 Å². The van der Waals surface area contributed by atoms with Crippen molar-refractivity contribution in [3.05, 3.63) is 17.6 Å². The van der Waals surface area contributed by atoms with E-state index < -0.39 is 16.0 Å². The van der Waals surface area contributed by atoms with Gasteiger partial charge in [-0.15, -0.1) is 0 Å². The predicted octanol–water partition coefficient (Wildman–Crippen LogP) is 1.97. The fourth-order valence-corrected chi connectivity index (χ4v) is 3.26. The van der Waals surface area contributed by atoms with Gasteiger partial charge in [0.05, 0.1) is 0 Å². The van der Waals surface area contributed by atoms with Gasteiger partial charge in [-0.1, -0.05) is 13.3 Å². The lowest BCUT2D eigenvalue weighted by molar-refractivity contribution is 0.0121. The number of primary sulfonamides is 1. The molecule has 1 aliphatic rings. The minimum absolute atomic E-state index is 0.0939. The molecule has 1 aromatic rings. The monoisotopic (exact) mass is 301 g/mol. The molecule has 1 heterocycles. The highest BCUT2D eigenvalue weighted by atomic mass is 32.2.